The molecule has 0 bridgehead atoms. The van der Waals surface area contributed by atoms with Crippen LogP contribution in [0.4, 0.5) is 0 Å². The first-order valence-electron chi connectivity index (χ1n) is 7.42. The van der Waals surface area contributed by atoms with Crippen molar-refractivity contribution < 1.29 is 13.2 Å². The van der Waals surface area contributed by atoms with Crippen LogP contribution < -0.4 is 10.0 Å². The normalized spacial score (nSPS) is 26.8. The van der Waals surface area contributed by atoms with Crippen LogP contribution in [0.1, 0.15) is 19.3 Å². The summed E-state index contributed by atoms with van der Waals surface area (Å²) in [5.41, 5.74) is 0.315. The summed E-state index contributed by atoms with van der Waals surface area (Å²) in [4.78, 5) is 6.60. The van der Waals surface area contributed by atoms with Crippen molar-refractivity contribution in [1.82, 2.24) is 14.9 Å². The number of sulfonamides is 1. The third-order valence-electron chi connectivity index (χ3n) is 4.14. The first-order valence-corrected chi connectivity index (χ1v) is 9.31. The Balaban J connectivity index is 1.72. The van der Waals surface area contributed by atoms with Crippen LogP contribution in [0, 0.1) is 5.41 Å². The maximum Gasteiger partial charge on any atom is 0.208 e. The summed E-state index contributed by atoms with van der Waals surface area (Å²) in [7, 11) is -1.31. The van der Waals surface area contributed by atoms with E-state index in [0.717, 1.165) is 51.5 Å². The van der Waals surface area contributed by atoms with Gasteiger partial charge in [-0.3, -0.25) is 4.99 Å². The van der Waals surface area contributed by atoms with Gasteiger partial charge in [0.05, 0.1) is 12.9 Å². The van der Waals surface area contributed by atoms with Gasteiger partial charge in [0, 0.05) is 45.2 Å². The minimum Gasteiger partial charge on any atom is -0.381 e. The molecule has 7 nitrogen and oxygen atoms in total. The number of hydrogen-bond acceptors (Lipinski definition) is 4. The van der Waals surface area contributed by atoms with E-state index in [2.05, 4.69) is 19.9 Å². The first kappa shape index (κ1) is 16.5. The van der Waals surface area contributed by atoms with Gasteiger partial charge in [0.2, 0.25) is 10.0 Å². The number of rotatable bonds is 5. The van der Waals surface area contributed by atoms with Crippen molar-refractivity contribution in [2.24, 2.45) is 10.4 Å². The predicted molar refractivity (Wildman–Crippen MR) is 82.9 cm³/mol. The second-order valence-corrected chi connectivity index (χ2v) is 7.80. The van der Waals surface area contributed by atoms with Gasteiger partial charge in [-0.1, -0.05) is 0 Å². The lowest BCUT2D eigenvalue weighted by molar-refractivity contribution is 0.156. The van der Waals surface area contributed by atoms with E-state index in [4.69, 9.17) is 4.74 Å². The summed E-state index contributed by atoms with van der Waals surface area (Å²) >= 11 is 0. The minimum absolute atomic E-state index is 0.315. The van der Waals surface area contributed by atoms with Crippen LogP contribution in [0.2, 0.25) is 0 Å². The highest BCUT2D eigenvalue weighted by molar-refractivity contribution is 7.88. The van der Waals surface area contributed by atoms with E-state index in [9.17, 15) is 8.42 Å². The zero-order chi connectivity index (χ0) is 15.3. The number of ether oxygens (including phenoxy) is 1. The standard InChI is InChI=1S/C13H26N4O3S/c1-14-12(15-6-3-7-16-21(2,18)19)17-8-4-13(10-17)5-9-20-11-13/h16H,3-11H2,1-2H3,(H,14,15). The van der Waals surface area contributed by atoms with E-state index in [1.165, 1.54) is 6.26 Å². The van der Waals surface area contributed by atoms with Crippen LogP contribution in [0.25, 0.3) is 0 Å². The number of hydrogen-bond donors (Lipinski definition) is 2. The Kier molecular flexibility index (Phi) is 5.45. The molecule has 1 atom stereocenters. The van der Waals surface area contributed by atoms with Gasteiger partial charge in [0.25, 0.3) is 0 Å². The van der Waals surface area contributed by atoms with Gasteiger partial charge in [-0.2, -0.15) is 0 Å². The monoisotopic (exact) mass is 318 g/mol. The molecule has 2 aliphatic rings. The molecule has 8 heteroatoms. The molecule has 0 aromatic carbocycles. The lowest BCUT2D eigenvalue weighted by Crippen LogP contribution is -2.42. The molecule has 0 aromatic rings. The van der Waals surface area contributed by atoms with Crippen molar-refractivity contribution in [3.05, 3.63) is 0 Å². The minimum atomic E-state index is -3.09. The fraction of sp³-hybridized carbons (Fsp3) is 0.923. The van der Waals surface area contributed by atoms with Gasteiger partial charge in [-0.15, -0.1) is 0 Å². The molecular weight excluding hydrogens is 292 g/mol. The number of likely N-dealkylation sites (tertiary alicyclic amines) is 1. The lowest BCUT2D eigenvalue weighted by Gasteiger charge is -2.24. The molecule has 0 aliphatic carbocycles. The van der Waals surface area contributed by atoms with Crippen LogP contribution in [0.15, 0.2) is 4.99 Å². The molecule has 0 aromatic heterocycles. The summed E-state index contributed by atoms with van der Waals surface area (Å²) in [6.45, 7) is 4.88. The number of nitrogens with one attached hydrogen (secondary N) is 2. The largest absolute Gasteiger partial charge is 0.381 e. The molecule has 122 valence electrons. The maximum absolute atomic E-state index is 11.0. The predicted octanol–water partition coefficient (Wildman–Crippen LogP) is -0.386. The number of nitrogens with zero attached hydrogens (tertiary/aromatic N) is 2. The van der Waals surface area contributed by atoms with Crippen molar-refractivity contribution in [3.63, 3.8) is 0 Å². The summed E-state index contributed by atoms with van der Waals surface area (Å²) in [5.74, 6) is 0.901. The van der Waals surface area contributed by atoms with E-state index >= 15 is 0 Å². The van der Waals surface area contributed by atoms with Crippen LogP contribution in [-0.2, 0) is 14.8 Å². The second-order valence-electron chi connectivity index (χ2n) is 5.97. The Bertz CT molecular complexity index is 472. The van der Waals surface area contributed by atoms with E-state index in [1.807, 2.05) is 0 Å². The van der Waals surface area contributed by atoms with E-state index < -0.39 is 10.0 Å². The highest BCUT2D eigenvalue weighted by atomic mass is 32.2. The summed E-state index contributed by atoms with van der Waals surface area (Å²) in [5, 5.41) is 3.30. The highest BCUT2D eigenvalue weighted by Crippen LogP contribution is 2.38. The van der Waals surface area contributed by atoms with E-state index in [-0.39, 0.29) is 0 Å². The van der Waals surface area contributed by atoms with Gasteiger partial charge < -0.3 is 15.0 Å². The first-order chi connectivity index (χ1) is 9.94. The van der Waals surface area contributed by atoms with Crippen LogP contribution in [0.5, 0.6) is 0 Å². The van der Waals surface area contributed by atoms with Crippen molar-refractivity contribution in [2.45, 2.75) is 19.3 Å². The topological polar surface area (TPSA) is 83.0 Å². The SMILES string of the molecule is CN=C(NCCCNS(C)(=O)=O)N1CCC2(CCOC2)C1. The molecule has 2 aliphatic heterocycles. The maximum atomic E-state index is 11.0. The Labute approximate surface area is 127 Å². The second kappa shape index (κ2) is 6.93. The Morgan fingerprint density at radius 3 is 2.81 bits per heavy atom. The number of aliphatic imine (C=N–C) groups is 1. The average molecular weight is 318 g/mol. The molecule has 2 rings (SSSR count). The molecule has 2 N–H and O–H groups in total. The molecule has 0 radical (unpaired) electrons. The summed E-state index contributed by atoms with van der Waals surface area (Å²) < 4.78 is 29.9. The van der Waals surface area contributed by atoms with E-state index in [1.54, 1.807) is 7.05 Å². The van der Waals surface area contributed by atoms with Crippen molar-refractivity contribution in [1.29, 1.82) is 0 Å². The van der Waals surface area contributed by atoms with Gasteiger partial charge >= 0.3 is 0 Å². The van der Waals surface area contributed by atoms with Crippen LogP contribution >= 0.6 is 0 Å². The average Bonchev–Trinajstić information content (AvgIpc) is 3.04. The molecular formula is C13H26N4O3S. The highest BCUT2D eigenvalue weighted by Gasteiger charge is 2.42. The van der Waals surface area contributed by atoms with Crippen molar-refractivity contribution in [2.75, 3.05) is 52.7 Å². The van der Waals surface area contributed by atoms with Crippen molar-refractivity contribution >= 4 is 16.0 Å². The zero-order valence-corrected chi connectivity index (χ0v) is 13.7. The molecule has 2 saturated heterocycles. The van der Waals surface area contributed by atoms with Gasteiger partial charge in [-0.05, 0) is 19.3 Å². The molecule has 0 saturated carbocycles. The fourth-order valence-electron chi connectivity index (χ4n) is 2.97. The van der Waals surface area contributed by atoms with Crippen LogP contribution in [-0.4, -0.2) is 72.0 Å². The molecule has 2 fully saturated rings. The molecule has 1 spiro atoms. The number of guanidine groups is 1. The van der Waals surface area contributed by atoms with E-state index in [0.29, 0.717) is 18.5 Å². The smallest absolute Gasteiger partial charge is 0.208 e. The Morgan fingerprint density at radius 1 is 1.38 bits per heavy atom. The third kappa shape index (κ3) is 4.82. The van der Waals surface area contributed by atoms with Gasteiger partial charge in [0.1, 0.15) is 0 Å². The summed E-state index contributed by atoms with van der Waals surface area (Å²) in [6, 6.07) is 0. The van der Waals surface area contributed by atoms with Gasteiger partial charge in [0.15, 0.2) is 5.96 Å². The Morgan fingerprint density at radius 2 is 2.19 bits per heavy atom. The Hall–Kier alpha value is -0.860. The molecule has 0 amide bonds. The molecule has 2 heterocycles. The third-order valence-corrected chi connectivity index (χ3v) is 4.86. The van der Waals surface area contributed by atoms with Crippen molar-refractivity contribution in [3.8, 4) is 0 Å². The van der Waals surface area contributed by atoms with Gasteiger partial charge in [-0.25, -0.2) is 13.1 Å². The quantitative estimate of drug-likeness (QED) is 0.410. The van der Waals surface area contributed by atoms with Crippen LogP contribution in [0.3, 0.4) is 0 Å². The summed E-state index contributed by atoms with van der Waals surface area (Å²) in [6.07, 6.45) is 4.20. The fourth-order valence-corrected chi connectivity index (χ4v) is 3.48. The molecule has 21 heavy (non-hydrogen) atoms. The molecule has 1 unspecified atom stereocenters. The zero-order valence-electron chi connectivity index (χ0n) is 12.9. The lowest BCUT2D eigenvalue weighted by atomic mass is 9.87.